The smallest absolute Gasteiger partial charge is 0.339 e. The maximum Gasteiger partial charge on any atom is 0.339 e. The Labute approximate surface area is 236 Å². The largest absolute Gasteiger partial charge is 0.508 e. The first-order valence-corrected chi connectivity index (χ1v) is 14.6. The number of rotatable bonds is 6. The van der Waals surface area contributed by atoms with Crippen LogP contribution in [0.1, 0.15) is 69.5 Å². The lowest BCUT2D eigenvalue weighted by Gasteiger charge is -2.36. The van der Waals surface area contributed by atoms with Crippen LogP contribution in [-0.4, -0.2) is 76.3 Å². The summed E-state index contributed by atoms with van der Waals surface area (Å²) in [6.45, 7) is 0. The number of esters is 2. The molecule has 4 saturated heterocycles. The Morgan fingerprint density at radius 2 is 1.35 bits per heavy atom. The molecule has 4 aliphatic rings. The van der Waals surface area contributed by atoms with Crippen LogP contribution in [0, 0.1) is 5.92 Å². The summed E-state index contributed by atoms with van der Waals surface area (Å²) in [6.07, 6.45) is 8.20. The molecule has 4 heterocycles. The number of carbonyl (C=O) groups is 2. The second-order valence-corrected chi connectivity index (χ2v) is 12.0. The quantitative estimate of drug-likeness (QED) is 0.402. The maximum atomic E-state index is 12.0. The molecule has 2 aromatic carbocycles. The number of ether oxygens (including phenoxy) is 2. The summed E-state index contributed by atoms with van der Waals surface area (Å²) < 4.78 is 10.8. The fourth-order valence-corrected chi connectivity index (χ4v) is 7.07. The highest BCUT2D eigenvalue weighted by Gasteiger charge is 2.41. The number of benzene rings is 2. The van der Waals surface area contributed by atoms with Crippen molar-refractivity contribution in [1.29, 1.82) is 0 Å². The topological polar surface area (TPSA) is 99.5 Å². The van der Waals surface area contributed by atoms with E-state index in [4.69, 9.17) is 9.47 Å². The highest BCUT2D eigenvalue weighted by atomic mass is 16.6. The van der Waals surface area contributed by atoms with E-state index >= 15 is 0 Å². The molecule has 6 rings (SSSR count). The predicted octanol–water partition coefficient (Wildman–Crippen LogP) is 4.45. The lowest BCUT2D eigenvalue weighted by atomic mass is 9.88. The predicted molar refractivity (Wildman–Crippen MR) is 151 cm³/mol. The van der Waals surface area contributed by atoms with Crippen molar-refractivity contribution >= 4 is 11.9 Å². The number of aliphatic hydroxyl groups is 1. The molecular weight excluding hydrogens is 508 g/mol. The molecule has 216 valence electrons. The molecule has 8 nitrogen and oxygen atoms in total. The van der Waals surface area contributed by atoms with E-state index in [-0.39, 0.29) is 17.8 Å². The minimum absolute atomic E-state index is 0.0467. The molecule has 0 amide bonds. The summed E-state index contributed by atoms with van der Waals surface area (Å²) in [5.74, 6) is 0.448. The number of hydrogen-bond acceptors (Lipinski definition) is 8. The molecule has 4 bridgehead atoms. The minimum atomic E-state index is -1.17. The highest BCUT2D eigenvalue weighted by molar-refractivity contribution is 5.76. The molecule has 2 N–H and O–H groups in total. The van der Waals surface area contributed by atoms with E-state index in [0.29, 0.717) is 47.8 Å². The number of phenols is 1. The van der Waals surface area contributed by atoms with Gasteiger partial charge in [-0.3, -0.25) is 4.79 Å². The van der Waals surface area contributed by atoms with Crippen LogP contribution in [0.15, 0.2) is 54.6 Å². The Balaban J connectivity index is 0.000000161. The van der Waals surface area contributed by atoms with Crippen LogP contribution in [0.25, 0.3) is 0 Å². The maximum absolute atomic E-state index is 12.0. The molecular formula is C32H42N2O6. The van der Waals surface area contributed by atoms with Crippen LogP contribution < -0.4 is 4.74 Å². The number of nitrogens with zero attached hydrogens (tertiary/aromatic N) is 2. The van der Waals surface area contributed by atoms with Crippen LogP contribution in [0.4, 0.5) is 0 Å². The lowest BCUT2D eigenvalue weighted by molar-refractivity contribution is -0.162. The monoisotopic (exact) mass is 550 g/mol. The standard InChI is InChI=1S/2C16H21NO3/c1-17-12-2-3-13(17)9-11(8-12)10-16(19)20-15-6-4-14(18)5-7-15;1-17-12-7-8-13(17)10-14(9-12)20-16(19)15(18)11-5-3-2-4-6-11/h4-7,11-13,18H,2-3,8-10H2,1H3;2-6,12-15,18H,7-10H2,1H3. The van der Waals surface area contributed by atoms with E-state index in [0.717, 1.165) is 25.7 Å². The normalized spacial score (nSPS) is 30.2. The second kappa shape index (κ2) is 12.7. The van der Waals surface area contributed by atoms with Crippen molar-refractivity contribution in [3.8, 4) is 11.5 Å². The van der Waals surface area contributed by atoms with Gasteiger partial charge < -0.3 is 29.5 Å². The molecule has 0 saturated carbocycles. The van der Waals surface area contributed by atoms with Crippen molar-refractivity contribution in [1.82, 2.24) is 9.80 Å². The molecule has 5 atom stereocenters. The fourth-order valence-electron chi connectivity index (χ4n) is 7.07. The third kappa shape index (κ3) is 6.85. The van der Waals surface area contributed by atoms with Crippen molar-refractivity contribution in [3.63, 3.8) is 0 Å². The molecule has 0 radical (unpaired) electrons. The van der Waals surface area contributed by atoms with Crippen LogP contribution in [-0.2, 0) is 14.3 Å². The summed E-state index contributed by atoms with van der Waals surface area (Å²) in [4.78, 5) is 28.9. The molecule has 4 fully saturated rings. The van der Waals surface area contributed by atoms with Gasteiger partial charge >= 0.3 is 11.9 Å². The molecule has 5 unspecified atom stereocenters. The highest BCUT2D eigenvalue weighted by Crippen LogP contribution is 2.39. The fraction of sp³-hybridized carbons (Fsp3) is 0.562. The summed E-state index contributed by atoms with van der Waals surface area (Å²) in [5.41, 5.74) is 0.591. The van der Waals surface area contributed by atoms with E-state index in [1.54, 1.807) is 24.3 Å². The van der Waals surface area contributed by atoms with E-state index < -0.39 is 12.1 Å². The van der Waals surface area contributed by atoms with E-state index in [1.165, 1.54) is 37.8 Å². The van der Waals surface area contributed by atoms with Crippen molar-refractivity contribution in [2.45, 2.75) is 94.2 Å². The average Bonchev–Trinajstić information content (AvgIpc) is 3.27. The zero-order valence-corrected chi connectivity index (χ0v) is 23.5. The van der Waals surface area contributed by atoms with Crippen LogP contribution in [0.2, 0.25) is 0 Å². The molecule has 4 aliphatic heterocycles. The van der Waals surface area contributed by atoms with Crippen LogP contribution >= 0.6 is 0 Å². The molecule has 40 heavy (non-hydrogen) atoms. The van der Waals surface area contributed by atoms with Crippen molar-refractivity contribution in [2.24, 2.45) is 5.92 Å². The van der Waals surface area contributed by atoms with Gasteiger partial charge in [0.2, 0.25) is 0 Å². The number of piperidine rings is 2. The Kier molecular flexibility index (Phi) is 9.08. The van der Waals surface area contributed by atoms with E-state index in [1.807, 2.05) is 18.2 Å². The van der Waals surface area contributed by atoms with Gasteiger partial charge in [0.15, 0.2) is 6.10 Å². The third-order valence-corrected chi connectivity index (χ3v) is 9.40. The Morgan fingerprint density at radius 1 is 0.825 bits per heavy atom. The van der Waals surface area contributed by atoms with Crippen LogP contribution in [0.5, 0.6) is 11.5 Å². The molecule has 2 aromatic rings. The Hall–Kier alpha value is -2.94. The number of aromatic hydroxyl groups is 1. The number of fused-ring (bicyclic) bond motifs is 4. The third-order valence-electron chi connectivity index (χ3n) is 9.40. The van der Waals surface area contributed by atoms with Crippen LogP contribution in [0.3, 0.4) is 0 Å². The first-order chi connectivity index (χ1) is 19.3. The number of carbonyl (C=O) groups excluding carboxylic acids is 2. The van der Waals surface area contributed by atoms with Gasteiger partial charge in [-0.25, -0.2) is 4.79 Å². The summed E-state index contributed by atoms with van der Waals surface area (Å²) in [5, 5.41) is 19.2. The van der Waals surface area contributed by atoms with Gasteiger partial charge in [0.25, 0.3) is 0 Å². The van der Waals surface area contributed by atoms with Gasteiger partial charge in [-0.1, -0.05) is 30.3 Å². The Bertz CT molecular complexity index is 1110. The second-order valence-electron chi connectivity index (χ2n) is 12.0. The summed E-state index contributed by atoms with van der Waals surface area (Å²) in [7, 11) is 4.35. The number of aliphatic hydroxyl groups excluding tert-OH is 1. The summed E-state index contributed by atoms with van der Waals surface area (Å²) >= 11 is 0. The van der Waals surface area contributed by atoms with Crippen molar-refractivity contribution < 1.29 is 29.3 Å². The number of hydrogen-bond donors (Lipinski definition) is 2. The van der Waals surface area contributed by atoms with Gasteiger partial charge in [-0.2, -0.15) is 0 Å². The van der Waals surface area contributed by atoms with Gasteiger partial charge in [-0.05, 0) is 101 Å². The molecule has 0 spiro atoms. The van der Waals surface area contributed by atoms with Gasteiger partial charge in [-0.15, -0.1) is 0 Å². The molecule has 8 heteroatoms. The number of phenolic OH excluding ortho intramolecular Hbond substituents is 1. The minimum Gasteiger partial charge on any atom is -0.508 e. The zero-order valence-electron chi connectivity index (χ0n) is 23.5. The summed E-state index contributed by atoms with van der Waals surface area (Å²) in [6, 6.07) is 17.6. The van der Waals surface area contributed by atoms with E-state index in [2.05, 4.69) is 23.9 Å². The van der Waals surface area contributed by atoms with Gasteiger partial charge in [0.1, 0.15) is 17.6 Å². The average molecular weight is 551 g/mol. The van der Waals surface area contributed by atoms with Crippen molar-refractivity contribution in [2.75, 3.05) is 14.1 Å². The lowest BCUT2D eigenvalue weighted by Crippen LogP contribution is -2.43. The molecule has 0 aromatic heterocycles. The first kappa shape index (κ1) is 28.6. The zero-order chi connectivity index (χ0) is 28.2. The first-order valence-electron chi connectivity index (χ1n) is 14.6. The van der Waals surface area contributed by atoms with E-state index in [9.17, 15) is 19.8 Å². The Morgan fingerprint density at radius 3 is 1.90 bits per heavy atom. The van der Waals surface area contributed by atoms with Crippen molar-refractivity contribution in [3.05, 3.63) is 60.2 Å². The van der Waals surface area contributed by atoms with Gasteiger partial charge in [0.05, 0.1) is 0 Å². The SMILES string of the molecule is CN1C2CCC1CC(CC(=O)Oc1ccc(O)cc1)C2.CN1C2CCC1CC(OC(=O)C(O)c1ccccc1)C2. The van der Waals surface area contributed by atoms with Gasteiger partial charge in [0, 0.05) is 30.6 Å². The molecule has 0 aliphatic carbocycles.